The van der Waals surface area contributed by atoms with Gasteiger partial charge in [0.1, 0.15) is 17.5 Å². The highest BCUT2D eigenvalue weighted by Crippen LogP contribution is 2.19. The zero-order valence-corrected chi connectivity index (χ0v) is 19.5. The van der Waals surface area contributed by atoms with Crippen LogP contribution in [0.2, 0.25) is 0 Å². The third-order valence-corrected chi connectivity index (χ3v) is 5.97. The molecule has 3 aromatic rings. The van der Waals surface area contributed by atoms with E-state index in [4.69, 9.17) is 4.74 Å². The van der Waals surface area contributed by atoms with Gasteiger partial charge in [0.05, 0.1) is 18.4 Å². The van der Waals surface area contributed by atoms with Crippen molar-refractivity contribution in [3.05, 3.63) is 52.6 Å². The van der Waals surface area contributed by atoms with E-state index in [9.17, 15) is 10.1 Å². The highest BCUT2D eigenvalue weighted by atomic mass is 16.5. The van der Waals surface area contributed by atoms with Crippen molar-refractivity contribution in [1.82, 2.24) is 24.9 Å². The molecule has 0 spiro atoms. The van der Waals surface area contributed by atoms with E-state index < -0.39 is 0 Å². The highest BCUT2D eigenvalue weighted by molar-refractivity contribution is 5.76. The number of carbonyl (C=O) groups is 1. The van der Waals surface area contributed by atoms with Crippen LogP contribution in [0.1, 0.15) is 48.3 Å². The van der Waals surface area contributed by atoms with Gasteiger partial charge in [-0.3, -0.25) is 4.79 Å². The third kappa shape index (κ3) is 4.96. The van der Waals surface area contributed by atoms with Crippen LogP contribution in [-0.4, -0.2) is 50.8 Å². The number of hydrogen-bond donors (Lipinski definition) is 1. The van der Waals surface area contributed by atoms with Gasteiger partial charge in [-0.2, -0.15) is 10.4 Å². The van der Waals surface area contributed by atoms with Crippen LogP contribution >= 0.6 is 0 Å². The summed E-state index contributed by atoms with van der Waals surface area (Å²) in [6.45, 7) is 10.1. The molecule has 4 rings (SSSR count). The van der Waals surface area contributed by atoms with Crippen LogP contribution in [0.25, 0.3) is 5.65 Å². The predicted molar refractivity (Wildman–Crippen MR) is 124 cm³/mol. The molecule has 1 fully saturated rings. The molecule has 4 heterocycles. The lowest BCUT2D eigenvalue weighted by Gasteiger charge is -2.36. The first-order chi connectivity index (χ1) is 15.9. The van der Waals surface area contributed by atoms with E-state index in [1.807, 2.05) is 32.2 Å². The summed E-state index contributed by atoms with van der Waals surface area (Å²) in [7, 11) is 0. The first-order valence-electron chi connectivity index (χ1n) is 11.2. The van der Waals surface area contributed by atoms with Gasteiger partial charge in [0.25, 0.3) is 0 Å². The monoisotopic (exact) mass is 447 g/mol. The minimum absolute atomic E-state index is 0.0352. The molecular formula is C24H29N7O2. The largest absolute Gasteiger partial charge is 0.372 e. The Balaban J connectivity index is 1.32. The molecule has 9 heteroatoms. The van der Waals surface area contributed by atoms with Crippen molar-refractivity contribution >= 4 is 17.4 Å². The summed E-state index contributed by atoms with van der Waals surface area (Å²) in [6, 6.07) is 6.11. The lowest BCUT2D eigenvalue weighted by Crippen LogP contribution is -2.45. The van der Waals surface area contributed by atoms with E-state index in [0.29, 0.717) is 30.6 Å². The Bertz CT molecular complexity index is 1190. The van der Waals surface area contributed by atoms with E-state index in [1.54, 1.807) is 4.52 Å². The number of pyridine rings is 1. The van der Waals surface area contributed by atoms with Crippen molar-refractivity contribution in [2.75, 3.05) is 18.0 Å². The second-order valence-corrected chi connectivity index (χ2v) is 8.63. The fraction of sp³-hybridized carbons (Fsp3) is 0.458. The summed E-state index contributed by atoms with van der Waals surface area (Å²) >= 11 is 0. The second-order valence-electron chi connectivity index (χ2n) is 8.63. The van der Waals surface area contributed by atoms with Crippen LogP contribution in [0.3, 0.4) is 0 Å². The third-order valence-electron chi connectivity index (χ3n) is 5.97. The molecule has 172 valence electrons. The Morgan fingerprint density at radius 1 is 1.24 bits per heavy atom. The van der Waals surface area contributed by atoms with Gasteiger partial charge in [-0.25, -0.2) is 14.5 Å². The molecule has 0 aromatic carbocycles. The van der Waals surface area contributed by atoms with Crippen LogP contribution in [0.4, 0.5) is 5.82 Å². The molecule has 1 N–H and O–H groups in total. The SMILES string of the molecule is Cc1nc2c(C#N)cnn2c(C)c1CCC(=O)NCc1ccc(N2CC(C)OC(C)C2)nc1. The second kappa shape index (κ2) is 9.55. The number of nitrogens with one attached hydrogen (secondary N) is 1. The Labute approximate surface area is 193 Å². The van der Waals surface area contributed by atoms with E-state index >= 15 is 0 Å². The van der Waals surface area contributed by atoms with E-state index in [-0.39, 0.29) is 18.1 Å². The van der Waals surface area contributed by atoms with Gasteiger partial charge in [-0.15, -0.1) is 0 Å². The number of hydrogen-bond acceptors (Lipinski definition) is 7. The number of amides is 1. The molecule has 3 aromatic heterocycles. The smallest absolute Gasteiger partial charge is 0.220 e. The number of morpholine rings is 1. The summed E-state index contributed by atoms with van der Waals surface area (Å²) in [4.78, 5) is 23.8. The fourth-order valence-corrected chi connectivity index (χ4v) is 4.35. The number of nitriles is 1. The number of anilines is 1. The molecule has 2 unspecified atom stereocenters. The maximum Gasteiger partial charge on any atom is 0.220 e. The highest BCUT2D eigenvalue weighted by Gasteiger charge is 2.23. The number of ether oxygens (including phenoxy) is 1. The number of aryl methyl sites for hydroxylation is 2. The van der Waals surface area contributed by atoms with Crippen molar-refractivity contribution < 1.29 is 9.53 Å². The molecule has 0 aliphatic carbocycles. The fourth-order valence-electron chi connectivity index (χ4n) is 4.35. The summed E-state index contributed by atoms with van der Waals surface area (Å²) in [6.07, 6.45) is 4.59. The lowest BCUT2D eigenvalue weighted by atomic mass is 10.1. The Kier molecular flexibility index (Phi) is 6.56. The predicted octanol–water partition coefficient (Wildman–Crippen LogP) is 2.48. The number of fused-ring (bicyclic) bond motifs is 1. The normalized spacial score (nSPS) is 18.3. The number of nitrogens with zero attached hydrogens (tertiary/aromatic N) is 6. The van der Waals surface area contributed by atoms with Crippen molar-refractivity contribution in [1.29, 1.82) is 5.26 Å². The molecular weight excluding hydrogens is 418 g/mol. The molecule has 2 atom stereocenters. The summed E-state index contributed by atoms with van der Waals surface area (Å²) in [5, 5.41) is 16.4. The van der Waals surface area contributed by atoms with Crippen molar-refractivity contribution in [2.45, 2.75) is 59.3 Å². The topological polar surface area (TPSA) is 108 Å². The first-order valence-corrected chi connectivity index (χ1v) is 11.2. The first kappa shape index (κ1) is 22.7. The van der Waals surface area contributed by atoms with Crippen LogP contribution in [0, 0.1) is 25.2 Å². The summed E-state index contributed by atoms with van der Waals surface area (Å²) < 4.78 is 7.45. The molecule has 1 aliphatic heterocycles. The summed E-state index contributed by atoms with van der Waals surface area (Å²) in [5.41, 5.74) is 4.65. The zero-order valence-electron chi connectivity index (χ0n) is 19.5. The van der Waals surface area contributed by atoms with Crippen molar-refractivity contribution in [3.8, 4) is 6.07 Å². The van der Waals surface area contributed by atoms with E-state index in [1.165, 1.54) is 6.20 Å². The number of aromatic nitrogens is 4. The van der Waals surface area contributed by atoms with Crippen LogP contribution in [-0.2, 0) is 22.5 Å². The van der Waals surface area contributed by atoms with Crippen LogP contribution in [0.15, 0.2) is 24.5 Å². The quantitative estimate of drug-likeness (QED) is 0.618. The zero-order chi connectivity index (χ0) is 23.5. The maximum atomic E-state index is 12.5. The summed E-state index contributed by atoms with van der Waals surface area (Å²) in [5.74, 6) is 0.895. The minimum atomic E-state index is -0.0352. The van der Waals surface area contributed by atoms with Gasteiger partial charge in [0.15, 0.2) is 5.65 Å². The van der Waals surface area contributed by atoms with Gasteiger partial charge >= 0.3 is 0 Å². The molecule has 1 amide bonds. The maximum absolute atomic E-state index is 12.5. The van der Waals surface area contributed by atoms with Gasteiger partial charge in [-0.1, -0.05) is 6.07 Å². The number of rotatable bonds is 6. The van der Waals surface area contributed by atoms with Crippen molar-refractivity contribution in [2.24, 2.45) is 0 Å². The standard InChI is InChI=1S/C24H29N7O2/c1-15-13-30(14-16(2)33-15)22-7-5-19(10-26-22)11-27-23(32)8-6-21-17(3)29-24-20(9-25)12-28-31(24)18(21)4/h5,7,10,12,15-16H,6,8,11,13-14H2,1-4H3,(H,27,32). The minimum Gasteiger partial charge on any atom is -0.372 e. The lowest BCUT2D eigenvalue weighted by molar-refractivity contribution is -0.121. The van der Waals surface area contributed by atoms with Crippen molar-refractivity contribution in [3.63, 3.8) is 0 Å². The van der Waals surface area contributed by atoms with Gasteiger partial charge in [-0.05, 0) is 51.3 Å². The average molecular weight is 448 g/mol. The Hall–Kier alpha value is -3.51. The molecule has 33 heavy (non-hydrogen) atoms. The Morgan fingerprint density at radius 3 is 2.67 bits per heavy atom. The molecule has 0 bridgehead atoms. The van der Waals surface area contributed by atoms with Gasteiger partial charge < -0.3 is 15.0 Å². The molecule has 0 radical (unpaired) electrons. The molecule has 0 saturated carbocycles. The molecule has 1 aliphatic rings. The van der Waals surface area contributed by atoms with E-state index in [2.05, 4.69) is 45.2 Å². The molecule has 9 nitrogen and oxygen atoms in total. The van der Waals surface area contributed by atoms with Gasteiger partial charge in [0.2, 0.25) is 5.91 Å². The van der Waals surface area contributed by atoms with Gasteiger partial charge in [0, 0.05) is 43.6 Å². The van der Waals surface area contributed by atoms with Crippen LogP contribution in [0.5, 0.6) is 0 Å². The Morgan fingerprint density at radius 2 is 2.00 bits per heavy atom. The van der Waals surface area contributed by atoms with E-state index in [0.717, 1.165) is 41.4 Å². The number of carbonyl (C=O) groups excluding carboxylic acids is 1. The van der Waals surface area contributed by atoms with Crippen LogP contribution < -0.4 is 10.2 Å². The average Bonchev–Trinajstić information content (AvgIpc) is 3.20. The molecule has 1 saturated heterocycles.